The van der Waals surface area contributed by atoms with Gasteiger partial charge in [0.25, 0.3) is 0 Å². The van der Waals surface area contributed by atoms with Crippen molar-refractivity contribution in [3.05, 3.63) is 35.4 Å². The van der Waals surface area contributed by atoms with Gasteiger partial charge in [0.05, 0.1) is 16.6 Å². The third kappa shape index (κ3) is 2.96. The predicted molar refractivity (Wildman–Crippen MR) is 78.8 cm³/mol. The third-order valence-corrected chi connectivity index (χ3v) is 5.04. The quantitative estimate of drug-likeness (QED) is 0.907. The first-order chi connectivity index (χ1) is 10.7. The van der Waals surface area contributed by atoms with Crippen LogP contribution in [-0.2, 0) is 16.4 Å². The van der Waals surface area contributed by atoms with E-state index >= 15 is 0 Å². The molecular formula is C17H20F3NO2. The Hall–Kier alpha value is -1.56. The van der Waals surface area contributed by atoms with Crippen LogP contribution in [0.5, 0.6) is 0 Å². The number of hydrogen-bond donors (Lipinski definition) is 1. The van der Waals surface area contributed by atoms with Crippen molar-refractivity contribution in [1.82, 2.24) is 4.90 Å². The summed E-state index contributed by atoms with van der Waals surface area (Å²) in [7, 11) is 0. The molecule has 23 heavy (non-hydrogen) atoms. The van der Waals surface area contributed by atoms with E-state index < -0.39 is 22.8 Å². The van der Waals surface area contributed by atoms with Crippen LogP contribution in [0.4, 0.5) is 13.2 Å². The average molecular weight is 327 g/mol. The van der Waals surface area contributed by atoms with E-state index in [4.69, 9.17) is 0 Å². The fourth-order valence-corrected chi connectivity index (χ4v) is 3.37. The molecule has 1 saturated heterocycles. The van der Waals surface area contributed by atoms with Crippen molar-refractivity contribution in [2.45, 2.75) is 49.8 Å². The summed E-state index contributed by atoms with van der Waals surface area (Å²) in [5, 5.41) is 9.97. The standard InChI is InChI=1S/C17H20F3NO2/c1-15(23)8-10-21(11-9-15)14(22)16(6-7-16)12-4-2-3-5-13(12)17(18,19)20/h2-5,23H,6-11H2,1H3. The van der Waals surface area contributed by atoms with Gasteiger partial charge in [0.1, 0.15) is 0 Å². The van der Waals surface area contributed by atoms with E-state index in [-0.39, 0.29) is 11.5 Å². The number of alkyl halides is 3. The number of rotatable bonds is 2. The topological polar surface area (TPSA) is 40.5 Å². The maximum atomic E-state index is 13.3. The molecule has 2 aliphatic rings. The first kappa shape index (κ1) is 16.3. The molecule has 0 atom stereocenters. The zero-order valence-corrected chi connectivity index (χ0v) is 13.0. The van der Waals surface area contributed by atoms with Crippen LogP contribution < -0.4 is 0 Å². The van der Waals surface area contributed by atoms with Gasteiger partial charge < -0.3 is 10.0 Å². The first-order valence-corrected chi connectivity index (χ1v) is 7.84. The van der Waals surface area contributed by atoms with E-state index in [0.717, 1.165) is 6.07 Å². The van der Waals surface area contributed by atoms with E-state index in [9.17, 15) is 23.1 Å². The predicted octanol–water partition coefficient (Wildman–Crippen LogP) is 3.11. The van der Waals surface area contributed by atoms with Gasteiger partial charge in [-0.25, -0.2) is 0 Å². The van der Waals surface area contributed by atoms with Crippen LogP contribution in [-0.4, -0.2) is 34.6 Å². The summed E-state index contributed by atoms with van der Waals surface area (Å²) in [5.74, 6) is -0.232. The van der Waals surface area contributed by atoms with Crippen LogP contribution in [0.3, 0.4) is 0 Å². The van der Waals surface area contributed by atoms with E-state index in [2.05, 4.69) is 0 Å². The maximum Gasteiger partial charge on any atom is 0.416 e. The molecule has 6 heteroatoms. The monoisotopic (exact) mass is 327 g/mol. The molecule has 1 aliphatic carbocycles. The molecule has 1 amide bonds. The van der Waals surface area contributed by atoms with Gasteiger partial charge in [-0.3, -0.25) is 4.79 Å². The molecular weight excluding hydrogens is 307 g/mol. The normalized spacial score (nSPS) is 22.7. The SMILES string of the molecule is CC1(O)CCN(C(=O)C2(c3ccccc3C(F)(F)F)CC2)CC1. The fourth-order valence-electron chi connectivity index (χ4n) is 3.37. The number of carbonyl (C=O) groups is 1. The summed E-state index contributed by atoms with van der Waals surface area (Å²) in [4.78, 5) is 14.5. The Morgan fingerprint density at radius 2 is 1.70 bits per heavy atom. The van der Waals surface area contributed by atoms with Crippen molar-refractivity contribution in [2.75, 3.05) is 13.1 Å². The highest BCUT2D eigenvalue weighted by molar-refractivity contribution is 5.92. The average Bonchev–Trinajstić information content (AvgIpc) is 3.27. The van der Waals surface area contributed by atoms with Crippen LogP contribution in [0.2, 0.25) is 0 Å². The molecule has 0 spiro atoms. The van der Waals surface area contributed by atoms with Crippen LogP contribution in [0.1, 0.15) is 43.7 Å². The second-order valence-corrected chi connectivity index (χ2v) is 6.91. The number of likely N-dealkylation sites (tertiary alicyclic amines) is 1. The molecule has 0 unspecified atom stereocenters. The van der Waals surface area contributed by atoms with Crippen molar-refractivity contribution in [2.24, 2.45) is 0 Å². The van der Waals surface area contributed by atoms with Gasteiger partial charge in [0.2, 0.25) is 5.91 Å². The van der Waals surface area contributed by atoms with Gasteiger partial charge in [-0.2, -0.15) is 13.2 Å². The summed E-state index contributed by atoms with van der Waals surface area (Å²) in [6, 6.07) is 5.38. The second kappa shape index (κ2) is 5.23. The summed E-state index contributed by atoms with van der Waals surface area (Å²) in [6.45, 7) is 2.50. The number of halogens is 3. The van der Waals surface area contributed by atoms with Crippen LogP contribution >= 0.6 is 0 Å². The maximum absolute atomic E-state index is 13.3. The molecule has 0 radical (unpaired) electrons. The number of aliphatic hydroxyl groups is 1. The number of amides is 1. The Labute approximate surface area is 133 Å². The van der Waals surface area contributed by atoms with Gasteiger partial charge in [0, 0.05) is 13.1 Å². The van der Waals surface area contributed by atoms with E-state index in [1.165, 1.54) is 12.1 Å². The summed E-state index contributed by atoms with van der Waals surface area (Å²) >= 11 is 0. The van der Waals surface area contributed by atoms with Crippen molar-refractivity contribution < 1.29 is 23.1 Å². The zero-order valence-electron chi connectivity index (χ0n) is 13.0. The second-order valence-electron chi connectivity index (χ2n) is 6.91. The first-order valence-electron chi connectivity index (χ1n) is 7.84. The summed E-state index contributed by atoms with van der Waals surface area (Å²) < 4.78 is 39.8. The van der Waals surface area contributed by atoms with Gasteiger partial charge in [-0.1, -0.05) is 18.2 Å². The lowest BCUT2D eigenvalue weighted by Gasteiger charge is -2.38. The molecule has 1 aliphatic heterocycles. The number of nitrogens with zero attached hydrogens (tertiary/aromatic N) is 1. The van der Waals surface area contributed by atoms with E-state index in [1.807, 2.05) is 0 Å². The lowest BCUT2D eigenvalue weighted by molar-refractivity contribution is -0.141. The Morgan fingerprint density at radius 3 is 2.22 bits per heavy atom. The molecule has 3 nitrogen and oxygen atoms in total. The number of piperidine rings is 1. The molecule has 1 aromatic rings. The van der Waals surface area contributed by atoms with Crippen molar-refractivity contribution >= 4 is 5.91 Å². The minimum absolute atomic E-state index is 0.0924. The third-order valence-electron chi connectivity index (χ3n) is 5.04. The molecule has 2 fully saturated rings. The Morgan fingerprint density at radius 1 is 1.13 bits per heavy atom. The minimum Gasteiger partial charge on any atom is -0.390 e. The molecule has 1 heterocycles. The van der Waals surface area contributed by atoms with E-state index in [0.29, 0.717) is 38.8 Å². The summed E-state index contributed by atoms with van der Waals surface area (Å²) in [5.41, 5.74) is -2.45. The molecule has 3 rings (SSSR count). The number of carbonyl (C=O) groups excluding carboxylic acids is 1. The van der Waals surface area contributed by atoms with Crippen LogP contribution in [0.15, 0.2) is 24.3 Å². The highest BCUT2D eigenvalue weighted by Gasteiger charge is 2.56. The Balaban J connectivity index is 1.88. The fraction of sp³-hybridized carbons (Fsp3) is 0.588. The highest BCUT2D eigenvalue weighted by atomic mass is 19.4. The van der Waals surface area contributed by atoms with Crippen molar-refractivity contribution in [1.29, 1.82) is 0 Å². The smallest absolute Gasteiger partial charge is 0.390 e. The molecule has 1 saturated carbocycles. The van der Waals surface area contributed by atoms with Gasteiger partial charge in [0.15, 0.2) is 0 Å². The number of hydrogen-bond acceptors (Lipinski definition) is 2. The largest absolute Gasteiger partial charge is 0.416 e. The van der Waals surface area contributed by atoms with Crippen LogP contribution in [0.25, 0.3) is 0 Å². The molecule has 126 valence electrons. The van der Waals surface area contributed by atoms with Gasteiger partial charge in [-0.05, 0) is 44.2 Å². The minimum atomic E-state index is -4.46. The van der Waals surface area contributed by atoms with Crippen LogP contribution in [0, 0.1) is 0 Å². The summed E-state index contributed by atoms with van der Waals surface area (Å²) in [6.07, 6.45) is -2.65. The molecule has 0 bridgehead atoms. The molecule has 1 aromatic carbocycles. The lowest BCUT2D eigenvalue weighted by atomic mass is 9.87. The zero-order chi connectivity index (χ0) is 16.9. The van der Waals surface area contributed by atoms with E-state index in [1.54, 1.807) is 17.9 Å². The molecule has 1 N–H and O–H groups in total. The lowest BCUT2D eigenvalue weighted by Crippen LogP contribution is -2.48. The molecule has 0 aromatic heterocycles. The van der Waals surface area contributed by atoms with Gasteiger partial charge >= 0.3 is 6.18 Å². The van der Waals surface area contributed by atoms with Crippen molar-refractivity contribution in [3.8, 4) is 0 Å². The Kier molecular flexibility index (Phi) is 3.71. The Bertz CT molecular complexity index is 611. The number of benzene rings is 1. The van der Waals surface area contributed by atoms with Crippen molar-refractivity contribution in [3.63, 3.8) is 0 Å². The van der Waals surface area contributed by atoms with Gasteiger partial charge in [-0.15, -0.1) is 0 Å². The highest BCUT2D eigenvalue weighted by Crippen LogP contribution is 2.53.